The molecule has 1 aromatic heterocycles. The number of nitrogens with zero attached hydrogens (tertiary/aromatic N) is 2. The first-order valence-electron chi connectivity index (χ1n) is 9.28. The number of carbonyl (C=O) groups is 1. The zero-order valence-electron chi connectivity index (χ0n) is 16.2. The molecule has 0 aliphatic carbocycles. The molecule has 1 N–H and O–H groups in total. The molecule has 0 atom stereocenters. The van der Waals surface area contributed by atoms with Gasteiger partial charge in [-0.3, -0.25) is 10.1 Å². The van der Waals surface area contributed by atoms with E-state index in [2.05, 4.69) is 15.3 Å². The Kier molecular flexibility index (Phi) is 5.72. The third-order valence-electron chi connectivity index (χ3n) is 4.51. The number of carbonyl (C=O) groups excluding carboxylic acids is 1. The molecule has 0 fully saturated rings. The van der Waals surface area contributed by atoms with Gasteiger partial charge in [0.15, 0.2) is 0 Å². The highest BCUT2D eigenvalue weighted by atomic mass is 35.5. The number of hydrogen-bond donors (Lipinski definition) is 1. The molecule has 0 bridgehead atoms. The predicted molar refractivity (Wildman–Crippen MR) is 119 cm³/mol. The molecular formula is C24H18ClN3O2. The fourth-order valence-electron chi connectivity index (χ4n) is 2.94. The maximum Gasteiger partial charge on any atom is 0.258 e. The number of nitrogens with one attached hydrogen (secondary N) is 1. The zero-order valence-corrected chi connectivity index (χ0v) is 16.9. The second-order valence-electron chi connectivity index (χ2n) is 6.52. The van der Waals surface area contributed by atoms with Crippen LogP contribution < -0.4 is 10.1 Å². The molecule has 1 amide bonds. The highest BCUT2D eigenvalue weighted by Gasteiger charge is 2.12. The minimum atomic E-state index is -0.308. The SMILES string of the molecule is COc1ccc(-c2cc(-c3ccccc3)nc(NC(=O)c3ccc(Cl)cc3)n2)cc1. The summed E-state index contributed by atoms with van der Waals surface area (Å²) in [5.41, 5.74) is 3.69. The lowest BCUT2D eigenvalue weighted by Crippen LogP contribution is -2.14. The van der Waals surface area contributed by atoms with Gasteiger partial charge in [0, 0.05) is 21.7 Å². The van der Waals surface area contributed by atoms with Gasteiger partial charge in [0.2, 0.25) is 5.95 Å². The van der Waals surface area contributed by atoms with Crippen molar-refractivity contribution in [2.45, 2.75) is 0 Å². The van der Waals surface area contributed by atoms with Crippen molar-refractivity contribution in [1.29, 1.82) is 0 Å². The monoisotopic (exact) mass is 415 g/mol. The van der Waals surface area contributed by atoms with Crippen LogP contribution in [0.15, 0.2) is 84.9 Å². The highest BCUT2D eigenvalue weighted by Crippen LogP contribution is 2.26. The standard InChI is InChI=1S/C24H18ClN3O2/c1-30-20-13-9-17(10-14-20)22-15-21(16-5-3-2-4-6-16)26-24(27-22)28-23(29)18-7-11-19(25)12-8-18/h2-15H,1H3,(H,26,27,28,29). The fraction of sp³-hybridized carbons (Fsp3) is 0.0417. The minimum absolute atomic E-state index is 0.224. The predicted octanol–water partition coefficient (Wildman–Crippen LogP) is 5.72. The van der Waals surface area contributed by atoms with Crippen molar-refractivity contribution in [3.8, 4) is 28.3 Å². The molecule has 0 aliphatic rings. The number of halogens is 1. The van der Waals surface area contributed by atoms with Crippen LogP contribution >= 0.6 is 11.6 Å². The molecule has 6 heteroatoms. The Morgan fingerprint density at radius 1 is 0.833 bits per heavy atom. The van der Waals surface area contributed by atoms with E-state index in [0.29, 0.717) is 22.0 Å². The Balaban J connectivity index is 1.73. The topological polar surface area (TPSA) is 64.1 Å². The molecule has 0 unspecified atom stereocenters. The van der Waals surface area contributed by atoms with Crippen LogP contribution in [0.2, 0.25) is 5.02 Å². The molecule has 0 saturated carbocycles. The molecule has 0 saturated heterocycles. The summed E-state index contributed by atoms with van der Waals surface area (Å²) in [6.45, 7) is 0. The average Bonchev–Trinajstić information content (AvgIpc) is 2.80. The van der Waals surface area contributed by atoms with Crippen LogP contribution in [-0.2, 0) is 0 Å². The summed E-state index contributed by atoms with van der Waals surface area (Å²) >= 11 is 5.91. The molecule has 1 heterocycles. The van der Waals surface area contributed by atoms with Crippen molar-refractivity contribution in [2.75, 3.05) is 12.4 Å². The van der Waals surface area contributed by atoms with Gasteiger partial charge in [-0.25, -0.2) is 9.97 Å². The van der Waals surface area contributed by atoms with Gasteiger partial charge in [-0.05, 0) is 54.6 Å². The summed E-state index contributed by atoms with van der Waals surface area (Å²) in [6, 6.07) is 25.9. The van der Waals surface area contributed by atoms with Crippen LogP contribution in [0.25, 0.3) is 22.5 Å². The van der Waals surface area contributed by atoms with E-state index in [1.165, 1.54) is 0 Å². The summed E-state index contributed by atoms with van der Waals surface area (Å²) in [5.74, 6) is 0.673. The number of anilines is 1. The van der Waals surface area contributed by atoms with Gasteiger partial charge < -0.3 is 4.74 Å². The lowest BCUT2D eigenvalue weighted by atomic mass is 10.1. The van der Waals surface area contributed by atoms with Gasteiger partial charge in [0.05, 0.1) is 18.5 Å². The van der Waals surface area contributed by atoms with Crippen molar-refractivity contribution >= 4 is 23.5 Å². The third kappa shape index (κ3) is 4.47. The van der Waals surface area contributed by atoms with Crippen molar-refractivity contribution in [1.82, 2.24) is 9.97 Å². The van der Waals surface area contributed by atoms with Crippen LogP contribution in [0.1, 0.15) is 10.4 Å². The van der Waals surface area contributed by atoms with E-state index >= 15 is 0 Å². The van der Waals surface area contributed by atoms with Gasteiger partial charge in [0.1, 0.15) is 5.75 Å². The fourth-order valence-corrected chi connectivity index (χ4v) is 3.07. The lowest BCUT2D eigenvalue weighted by Gasteiger charge is -2.10. The molecule has 30 heavy (non-hydrogen) atoms. The summed E-state index contributed by atoms with van der Waals surface area (Å²) in [6.07, 6.45) is 0. The van der Waals surface area contributed by atoms with E-state index in [0.717, 1.165) is 16.9 Å². The number of ether oxygens (including phenoxy) is 1. The van der Waals surface area contributed by atoms with Crippen LogP contribution in [0.3, 0.4) is 0 Å². The Morgan fingerprint density at radius 2 is 1.43 bits per heavy atom. The minimum Gasteiger partial charge on any atom is -0.497 e. The van der Waals surface area contributed by atoms with Gasteiger partial charge >= 0.3 is 0 Å². The first-order chi connectivity index (χ1) is 14.6. The maximum absolute atomic E-state index is 12.7. The van der Waals surface area contributed by atoms with E-state index < -0.39 is 0 Å². The number of rotatable bonds is 5. The lowest BCUT2D eigenvalue weighted by molar-refractivity contribution is 0.102. The molecule has 3 aromatic carbocycles. The first kappa shape index (κ1) is 19.6. The van der Waals surface area contributed by atoms with Crippen molar-refractivity contribution in [3.63, 3.8) is 0 Å². The van der Waals surface area contributed by atoms with Gasteiger partial charge in [0.25, 0.3) is 5.91 Å². The highest BCUT2D eigenvalue weighted by molar-refractivity contribution is 6.30. The molecule has 0 spiro atoms. The van der Waals surface area contributed by atoms with Crippen molar-refractivity contribution in [2.24, 2.45) is 0 Å². The van der Waals surface area contributed by atoms with E-state index in [9.17, 15) is 4.79 Å². The Labute approximate surface area is 179 Å². The van der Waals surface area contributed by atoms with Crippen molar-refractivity contribution in [3.05, 3.63) is 95.5 Å². The zero-order chi connectivity index (χ0) is 20.9. The molecule has 4 aromatic rings. The second kappa shape index (κ2) is 8.76. The molecule has 4 rings (SSSR count). The summed E-state index contributed by atoms with van der Waals surface area (Å²) in [5, 5.41) is 3.36. The Morgan fingerprint density at radius 3 is 2.03 bits per heavy atom. The van der Waals surface area contributed by atoms with Crippen LogP contribution in [-0.4, -0.2) is 23.0 Å². The smallest absolute Gasteiger partial charge is 0.258 e. The molecule has 5 nitrogen and oxygen atoms in total. The number of aromatic nitrogens is 2. The van der Waals surface area contributed by atoms with Crippen LogP contribution in [0, 0.1) is 0 Å². The van der Waals surface area contributed by atoms with E-state index in [4.69, 9.17) is 16.3 Å². The van der Waals surface area contributed by atoms with Gasteiger partial charge in [-0.2, -0.15) is 0 Å². The normalized spacial score (nSPS) is 10.5. The second-order valence-corrected chi connectivity index (χ2v) is 6.95. The molecule has 0 aliphatic heterocycles. The van der Waals surface area contributed by atoms with E-state index in [-0.39, 0.29) is 11.9 Å². The largest absolute Gasteiger partial charge is 0.497 e. The number of benzene rings is 3. The number of hydrogen-bond acceptors (Lipinski definition) is 4. The van der Waals surface area contributed by atoms with E-state index in [1.54, 1.807) is 31.4 Å². The van der Waals surface area contributed by atoms with Crippen molar-refractivity contribution < 1.29 is 9.53 Å². The van der Waals surface area contributed by atoms with Crippen LogP contribution in [0.4, 0.5) is 5.95 Å². The van der Waals surface area contributed by atoms with Gasteiger partial charge in [-0.1, -0.05) is 41.9 Å². The van der Waals surface area contributed by atoms with Gasteiger partial charge in [-0.15, -0.1) is 0 Å². The average molecular weight is 416 g/mol. The third-order valence-corrected chi connectivity index (χ3v) is 4.77. The first-order valence-corrected chi connectivity index (χ1v) is 9.66. The molecule has 148 valence electrons. The maximum atomic E-state index is 12.7. The molecular weight excluding hydrogens is 398 g/mol. The summed E-state index contributed by atoms with van der Waals surface area (Å²) in [4.78, 5) is 21.8. The van der Waals surface area contributed by atoms with Crippen LogP contribution in [0.5, 0.6) is 5.75 Å². The number of amides is 1. The summed E-state index contributed by atoms with van der Waals surface area (Å²) < 4.78 is 5.23. The molecule has 0 radical (unpaired) electrons. The van der Waals surface area contributed by atoms with E-state index in [1.807, 2.05) is 60.7 Å². The number of methoxy groups -OCH3 is 1. The Bertz CT molecular complexity index is 1160. The summed E-state index contributed by atoms with van der Waals surface area (Å²) in [7, 11) is 1.62. The quantitative estimate of drug-likeness (QED) is 0.452. The Hall–Kier alpha value is -3.70.